The average Bonchev–Trinajstić information content (AvgIpc) is 2.68. The lowest BCUT2D eigenvalue weighted by molar-refractivity contribution is -0.0918. The first kappa shape index (κ1) is 15.1. The Kier molecular flexibility index (Phi) is 3.69. The maximum atomic E-state index is 11.4. The molecule has 1 aromatic carbocycles. The zero-order chi connectivity index (χ0) is 15.1. The maximum Gasteiger partial charge on any atom is 0.338 e. The summed E-state index contributed by atoms with van der Waals surface area (Å²) < 4.78 is 11.0. The van der Waals surface area contributed by atoms with Crippen molar-refractivity contribution in [1.82, 2.24) is 0 Å². The maximum absolute atomic E-state index is 11.4. The molecule has 0 atom stereocenters. The van der Waals surface area contributed by atoms with Gasteiger partial charge in [-0.1, -0.05) is 19.0 Å². The van der Waals surface area contributed by atoms with Crippen molar-refractivity contribution in [2.24, 2.45) is 0 Å². The van der Waals surface area contributed by atoms with Gasteiger partial charge in [-0.15, -0.1) is 0 Å². The van der Waals surface area contributed by atoms with E-state index < -0.39 is 11.2 Å². The number of fused-ring (bicyclic) bond motifs is 1. The first-order valence-electron chi connectivity index (χ1n) is 6.82. The summed E-state index contributed by atoms with van der Waals surface area (Å²) in [5, 5.41) is 10.1. The van der Waals surface area contributed by atoms with E-state index >= 15 is 0 Å². The van der Waals surface area contributed by atoms with Crippen LogP contribution in [0.15, 0.2) is 18.2 Å². The van der Waals surface area contributed by atoms with Crippen molar-refractivity contribution in [3.8, 4) is 0 Å². The largest absolute Gasteiger partial charge is 0.457 e. The molecule has 108 valence electrons. The van der Waals surface area contributed by atoms with E-state index in [0.29, 0.717) is 12.2 Å². The van der Waals surface area contributed by atoms with Gasteiger partial charge in [0.05, 0.1) is 16.8 Å². The van der Waals surface area contributed by atoms with Crippen molar-refractivity contribution >= 4 is 18.3 Å². The summed E-state index contributed by atoms with van der Waals surface area (Å²) in [6, 6.07) is 5.58. The highest BCUT2D eigenvalue weighted by atomic mass is 16.5. The minimum absolute atomic E-state index is 0.183. The second-order valence-corrected chi connectivity index (χ2v) is 6.32. The number of aliphatic hydroxyl groups is 1. The second-order valence-electron chi connectivity index (χ2n) is 6.32. The highest BCUT2D eigenvalue weighted by molar-refractivity contribution is 6.66. The Bertz CT molecular complexity index is 531. The molecular weight excluding hydrogens is 255 g/mol. The van der Waals surface area contributed by atoms with E-state index in [4.69, 9.17) is 9.39 Å². The third-order valence-electron chi connectivity index (χ3n) is 4.12. The summed E-state index contributed by atoms with van der Waals surface area (Å²) in [4.78, 5) is 11.4. The first-order valence-corrected chi connectivity index (χ1v) is 6.82. The molecule has 0 saturated carbocycles. The van der Waals surface area contributed by atoms with Crippen molar-refractivity contribution in [2.45, 2.75) is 52.3 Å². The second kappa shape index (κ2) is 4.90. The van der Waals surface area contributed by atoms with Gasteiger partial charge in [-0.2, -0.15) is 0 Å². The molecule has 2 rings (SSSR count). The van der Waals surface area contributed by atoms with Crippen LogP contribution in [0.5, 0.6) is 0 Å². The summed E-state index contributed by atoms with van der Waals surface area (Å²) >= 11 is 0. The Hall–Kier alpha value is -1.33. The SMILES string of the molecule is CB(OC(C)(C)C(C)(C)O)c1ccc2c(c1)COC2=O. The molecule has 0 spiro atoms. The number of cyclic esters (lactones) is 1. The number of hydrogen-bond acceptors (Lipinski definition) is 4. The van der Waals surface area contributed by atoms with Crippen LogP contribution in [0.2, 0.25) is 6.82 Å². The third kappa shape index (κ3) is 2.74. The Morgan fingerprint density at radius 3 is 2.55 bits per heavy atom. The van der Waals surface area contributed by atoms with E-state index in [0.717, 1.165) is 11.0 Å². The fraction of sp³-hybridized carbons (Fsp3) is 0.533. The topological polar surface area (TPSA) is 55.8 Å². The minimum atomic E-state index is -0.947. The Balaban J connectivity index is 2.19. The van der Waals surface area contributed by atoms with Gasteiger partial charge in [0.15, 0.2) is 0 Å². The smallest absolute Gasteiger partial charge is 0.338 e. The predicted molar refractivity (Wildman–Crippen MR) is 78.3 cm³/mol. The Morgan fingerprint density at radius 1 is 1.30 bits per heavy atom. The van der Waals surface area contributed by atoms with E-state index in [9.17, 15) is 9.90 Å². The normalized spacial score (nSPS) is 15.0. The molecule has 1 N–H and O–H groups in total. The number of ether oxygens (including phenoxy) is 1. The molecule has 0 aliphatic carbocycles. The quantitative estimate of drug-likeness (QED) is 0.672. The number of carbonyl (C=O) groups is 1. The van der Waals surface area contributed by atoms with Gasteiger partial charge in [0.2, 0.25) is 0 Å². The summed E-state index contributed by atoms with van der Waals surface area (Å²) in [5.41, 5.74) is 0.862. The van der Waals surface area contributed by atoms with E-state index in [1.807, 2.05) is 32.8 Å². The number of rotatable bonds is 4. The fourth-order valence-corrected chi connectivity index (χ4v) is 2.06. The van der Waals surface area contributed by atoms with Gasteiger partial charge in [-0.05, 0) is 39.2 Å². The molecular formula is C15H21BO4. The van der Waals surface area contributed by atoms with E-state index in [2.05, 4.69) is 0 Å². The zero-order valence-electron chi connectivity index (χ0n) is 12.7. The monoisotopic (exact) mass is 276 g/mol. The molecule has 0 amide bonds. The Morgan fingerprint density at radius 2 is 1.95 bits per heavy atom. The third-order valence-corrected chi connectivity index (χ3v) is 4.12. The lowest BCUT2D eigenvalue weighted by Crippen LogP contribution is -2.52. The Labute approximate surface area is 120 Å². The number of benzene rings is 1. The highest BCUT2D eigenvalue weighted by Crippen LogP contribution is 2.26. The molecule has 1 heterocycles. The molecule has 0 fully saturated rings. The van der Waals surface area contributed by atoms with Gasteiger partial charge in [0.25, 0.3) is 0 Å². The molecule has 20 heavy (non-hydrogen) atoms. The first-order chi connectivity index (χ1) is 9.12. The van der Waals surface area contributed by atoms with Crippen LogP contribution in [0.25, 0.3) is 0 Å². The van der Waals surface area contributed by atoms with Crippen LogP contribution in [-0.2, 0) is 16.0 Å². The van der Waals surface area contributed by atoms with Gasteiger partial charge in [0, 0.05) is 5.56 Å². The van der Waals surface area contributed by atoms with Crippen LogP contribution in [0.3, 0.4) is 0 Å². The van der Waals surface area contributed by atoms with Crippen molar-refractivity contribution in [1.29, 1.82) is 0 Å². The van der Waals surface area contributed by atoms with Crippen LogP contribution in [0.4, 0.5) is 0 Å². The van der Waals surface area contributed by atoms with Crippen LogP contribution >= 0.6 is 0 Å². The molecule has 5 heteroatoms. The number of carbonyl (C=O) groups excluding carboxylic acids is 1. The van der Waals surface area contributed by atoms with Crippen molar-refractivity contribution in [3.05, 3.63) is 29.3 Å². The summed E-state index contributed by atoms with van der Waals surface area (Å²) in [7, 11) is 0. The van der Waals surface area contributed by atoms with Gasteiger partial charge in [0.1, 0.15) is 6.61 Å². The van der Waals surface area contributed by atoms with Gasteiger partial charge >= 0.3 is 12.9 Å². The van der Waals surface area contributed by atoms with Crippen molar-refractivity contribution in [2.75, 3.05) is 0 Å². The molecule has 0 unspecified atom stereocenters. The van der Waals surface area contributed by atoms with Gasteiger partial charge in [-0.3, -0.25) is 0 Å². The molecule has 1 aliphatic heterocycles. The van der Waals surface area contributed by atoms with Crippen LogP contribution in [0, 0.1) is 0 Å². The van der Waals surface area contributed by atoms with Crippen LogP contribution in [0.1, 0.15) is 43.6 Å². The van der Waals surface area contributed by atoms with Crippen LogP contribution < -0.4 is 5.46 Å². The lowest BCUT2D eigenvalue weighted by Gasteiger charge is -2.39. The van der Waals surface area contributed by atoms with Crippen molar-refractivity contribution in [3.63, 3.8) is 0 Å². The number of esters is 1. The predicted octanol–water partition coefficient (Wildman–Crippen LogP) is 1.75. The van der Waals surface area contributed by atoms with Crippen LogP contribution in [-0.4, -0.2) is 29.2 Å². The summed E-state index contributed by atoms with van der Waals surface area (Å²) in [6.45, 7) is 9.27. The highest BCUT2D eigenvalue weighted by Gasteiger charge is 2.38. The zero-order valence-corrected chi connectivity index (χ0v) is 12.7. The lowest BCUT2D eigenvalue weighted by atomic mass is 9.62. The molecule has 0 bridgehead atoms. The van der Waals surface area contributed by atoms with Gasteiger partial charge in [-0.25, -0.2) is 4.79 Å². The molecule has 1 aliphatic rings. The molecule has 4 nitrogen and oxygen atoms in total. The molecule has 1 aromatic rings. The molecule has 0 saturated heterocycles. The standard InChI is InChI=1S/C15H21BO4/c1-14(2,18)15(3,4)20-16(5)11-6-7-12-10(8-11)9-19-13(12)17/h6-8,18H,9H2,1-5H3. The molecule has 0 radical (unpaired) electrons. The van der Waals surface area contributed by atoms with E-state index in [-0.39, 0.29) is 12.9 Å². The fourth-order valence-electron chi connectivity index (χ4n) is 2.06. The average molecular weight is 276 g/mol. The van der Waals surface area contributed by atoms with E-state index in [1.165, 1.54) is 0 Å². The minimum Gasteiger partial charge on any atom is -0.457 e. The molecule has 0 aromatic heterocycles. The van der Waals surface area contributed by atoms with E-state index in [1.54, 1.807) is 19.9 Å². The van der Waals surface area contributed by atoms with Crippen molar-refractivity contribution < 1.29 is 19.3 Å². The van der Waals surface area contributed by atoms with Gasteiger partial charge < -0.3 is 14.5 Å². The summed E-state index contributed by atoms with van der Waals surface area (Å²) in [5.74, 6) is -0.267. The summed E-state index contributed by atoms with van der Waals surface area (Å²) in [6.07, 6.45) is 0. The number of hydrogen-bond donors (Lipinski definition) is 1.